The molecule has 2 rings (SSSR count). The number of nitrogens with zero attached hydrogens (tertiary/aromatic N) is 1. The minimum atomic E-state index is -4.51. The standard InChI is InChI=1S/C14H18ClF2NO2S/c1-10(15)11-6-8-18(9-7-11)12-2-4-13(5-3-12)21(19,20)14(16)17/h2-5,10-11,14H,6-9H2,1H3. The zero-order chi connectivity index (χ0) is 15.6. The van der Waals surface area contributed by atoms with Crippen LogP contribution in [-0.4, -0.2) is 32.6 Å². The van der Waals surface area contributed by atoms with Crippen LogP contribution in [-0.2, 0) is 9.84 Å². The summed E-state index contributed by atoms with van der Waals surface area (Å²) in [6, 6.07) is 5.65. The van der Waals surface area contributed by atoms with Crippen molar-refractivity contribution in [1.29, 1.82) is 0 Å². The van der Waals surface area contributed by atoms with Gasteiger partial charge in [0.15, 0.2) is 0 Å². The molecule has 118 valence electrons. The van der Waals surface area contributed by atoms with Gasteiger partial charge in [0.05, 0.1) is 4.90 Å². The van der Waals surface area contributed by atoms with Gasteiger partial charge in [-0.15, -0.1) is 11.6 Å². The monoisotopic (exact) mass is 337 g/mol. The van der Waals surface area contributed by atoms with E-state index in [2.05, 4.69) is 4.90 Å². The van der Waals surface area contributed by atoms with Crippen molar-refractivity contribution in [2.24, 2.45) is 5.92 Å². The molecule has 1 aliphatic heterocycles. The smallest absolute Gasteiger partial charge is 0.341 e. The summed E-state index contributed by atoms with van der Waals surface area (Å²) >= 11 is 6.09. The summed E-state index contributed by atoms with van der Waals surface area (Å²) in [5.74, 6) is -2.90. The van der Waals surface area contributed by atoms with Gasteiger partial charge in [0.1, 0.15) is 0 Å². The van der Waals surface area contributed by atoms with Crippen LogP contribution in [0.2, 0.25) is 0 Å². The van der Waals surface area contributed by atoms with Gasteiger partial charge >= 0.3 is 5.76 Å². The Hall–Kier alpha value is -0.880. The number of hydrogen-bond acceptors (Lipinski definition) is 3. The first-order chi connectivity index (χ1) is 9.82. The van der Waals surface area contributed by atoms with E-state index in [1.807, 2.05) is 6.92 Å². The third-order valence-electron chi connectivity index (χ3n) is 3.95. The van der Waals surface area contributed by atoms with Crippen LogP contribution in [0.3, 0.4) is 0 Å². The lowest BCUT2D eigenvalue weighted by Gasteiger charge is -2.34. The molecule has 0 spiro atoms. The van der Waals surface area contributed by atoms with Gasteiger partial charge in [-0.25, -0.2) is 8.42 Å². The van der Waals surface area contributed by atoms with Crippen LogP contribution in [0.15, 0.2) is 29.2 Å². The van der Waals surface area contributed by atoms with E-state index in [-0.39, 0.29) is 10.3 Å². The van der Waals surface area contributed by atoms with E-state index in [0.717, 1.165) is 31.6 Å². The molecule has 0 N–H and O–H groups in total. The van der Waals surface area contributed by atoms with Crippen molar-refractivity contribution in [3.05, 3.63) is 24.3 Å². The maximum absolute atomic E-state index is 12.5. The molecule has 0 bridgehead atoms. The van der Waals surface area contributed by atoms with E-state index in [0.29, 0.717) is 5.92 Å². The molecule has 3 nitrogen and oxygen atoms in total. The lowest BCUT2D eigenvalue weighted by molar-refractivity contribution is 0.234. The molecule has 1 heterocycles. The number of rotatable bonds is 4. The second kappa shape index (κ2) is 6.48. The normalized spacial score (nSPS) is 19.0. The van der Waals surface area contributed by atoms with Crippen LogP contribution < -0.4 is 4.90 Å². The molecular weight excluding hydrogens is 320 g/mol. The number of benzene rings is 1. The molecule has 1 fully saturated rings. The maximum Gasteiger partial charge on any atom is 0.341 e. The van der Waals surface area contributed by atoms with Gasteiger partial charge in [-0.05, 0) is 49.9 Å². The molecule has 1 aromatic rings. The topological polar surface area (TPSA) is 37.4 Å². The van der Waals surface area contributed by atoms with Gasteiger partial charge in [-0.2, -0.15) is 8.78 Å². The molecule has 0 amide bonds. The van der Waals surface area contributed by atoms with Crippen molar-refractivity contribution in [3.63, 3.8) is 0 Å². The van der Waals surface area contributed by atoms with E-state index in [1.54, 1.807) is 12.1 Å². The number of alkyl halides is 3. The first-order valence-corrected chi connectivity index (χ1v) is 8.82. The Kier molecular flexibility index (Phi) is 5.09. The predicted molar refractivity (Wildman–Crippen MR) is 79.9 cm³/mol. The van der Waals surface area contributed by atoms with E-state index < -0.39 is 15.6 Å². The van der Waals surface area contributed by atoms with E-state index in [9.17, 15) is 17.2 Å². The predicted octanol–water partition coefficient (Wildman–Crippen LogP) is 3.53. The molecular formula is C14H18ClF2NO2S. The quantitative estimate of drug-likeness (QED) is 0.789. The van der Waals surface area contributed by atoms with Gasteiger partial charge in [-0.1, -0.05) is 0 Å². The fourth-order valence-electron chi connectivity index (χ4n) is 2.57. The first kappa shape index (κ1) is 16.5. The Balaban J connectivity index is 2.07. The SMILES string of the molecule is CC(Cl)C1CCN(c2ccc(S(=O)(=O)C(F)F)cc2)CC1. The summed E-state index contributed by atoms with van der Waals surface area (Å²) in [6.45, 7) is 3.66. The first-order valence-electron chi connectivity index (χ1n) is 6.83. The largest absolute Gasteiger partial charge is 0.372 e. The molecule has 1 unspecified atom stereocenters. The number of anilines is 1. The summed E-state index contributed by atoms with van der Waals surface area (Å²) < 4.78 is 47.6. The second-order valence-corrected chi connectivity index (χ2v) is 7.91. The Morgan fingerprint density at radius 2 is 1.71 bits per heavy atom. The van der Waals surface area contributed by atoms with E-state index in [1.165, 1.54) is 12.1 Å². The van der Waals surface area contributed by atoms with Crippen molar-refractivity contribution in [2.45, 2.75) is 35.8 Å². The molecule has 0 aliphatic carbocycles. The van der Waals surface area contributed by atoms with Crippen LogP contribution in [0.25, 0.3) is 0 Å². The van der Waals surface area contributed by atoms with Gasteiger partial charge in [0.25, 0.3) is 0 Å². The van der Waals surface area contributed by atoms with Gasteiger partial charge < -0.3 is 4.90 Å². The minimum absolute atomic E-state index is 0.144. The number of sulfone groups is 1. The number of piperidine rings is 1. The molecule has 1 aromatic carbocycles. The maximum atomic E-state index is 12.5. The molecule has 21 heavy (non-hydrogen) atoms. The van der Waals surface area contributed by atoms with E-state index in [4.69, 9.17) is 11.6 Å². The van der Waals surface area contributed by atoms with Crippen LogP contribution in [0.5, 0.6) is 0 Å². The average molecular weight is 338 g/mol. The molecule has 7 heteroatoms. The second-order valence-electron chi connectivity index (χ2n) is 5.30. The summed E-state index contributed by atoms with van der Waals surface area (Å²) in [6.07, 6.45) is 1.95. The lowest BCUT2D eigenvalue weighted by Crippen LogP contribution is -2.35. The van der Waals surface area contributed by atoms with Crippen molar-refractivity contribution in [1.82, 2.24) is 0 Å². The van der Waals surface area contributed by atoms with Crippen LogP contribution >= 0.6 is 11.6 Å². The highest BCUT2D eigenvalue weighted by molar-refractivity contribution is 7.91. The van der Waals surface area contributed by atoms with Gasteiger partial charge in [-0.3, -0.25) is 0 Å². The van der Waals surface area contributed by atoms with Gasteiger partial charge in [0.2, 0.25) is 9.84 Å². The van der Waals surface area contributed by atoms with Crippen LogP contribution in [0.1, 0.15) is 19.8 Å². The van der Waals surface area contributed by atoms with Crippen molar-refractivity contribution in [2.75, 3.05) is 18.0 Å². The highest BCUT2D eigenvalue weighted by atomic mass is 35.5. The molecule has 1 atom stereocenters. The van der Waals surface area contributed by atoms with Gasteiger partial charge in [0, 0.05) is 24.2 Å². The van der Waals surface area contributed by atoms with Crippen LogP contribution in [0.4, 0.5) is 14.5 Å². The Morgan fingerprint density at radius 1 is 1.19 bits per heavy atom. The van der Waals surface area contributed by atoms with Crippen LogP contribution in [0, 0.1) is 5.92 Å². The third kappa shape index (κ3) is 3.66. The molecule has 1 saturated heterocycles. The molecule has 0 aromatic heterocycles. The van der Waals surface area contributed by atoms with Crippen molar-refractivity contribution < 1.29 is 17.2 Å². The number of hydrogen-bond donors (Lipinski definition) is 0. The minimum Gasteiger partial charge on any atom is -0.372 e. The van der Waals surface area contributed by atoms with Crippen molar-refractivity contribution >= 4 is 27.1 Å². The Labute approximate surface area is 128 Å². The van der Waals surface area contributed by atoms with E-state index >= 15 is 0 Å². The zero-order valence-electron chi connectivity index (χ0n) is 11.7. The zero-order valence-corrected chi connectivity index (χ0v) is 13.2. The number of halogens is 3. The Morgan fingerprint density at radius 3 is 2.14 bits per heavy atom. The Bertz CT molecular complexity index is 567. The molecule has 1 aliphatic rings. The van der Waals surface area contributed by atoms with Crippen molar-refractivity contribution in [3.8, 4) is 0 Å². The summed E-state index contributed by atoms with van der Waals surface area (Å²) in [5, 5.41) is 0.144. The average Bonchev–Trinajstić information content (AvgIpc) is 2.47. The fourth-order valence-corrected chi connectivity index (χ4v) is 3.54. The third-order valence-corrected chi connectivity index (χ3v) is 5.71. The molecule has 0 saturated carbocycles. The highest BCUT2D eigenvalue weighted by Gasteiger charge is 2.27. The summed E-state index contributed by atoms with van der Waals surface area (Å²) in [4.78, 5) is 1.78. The summed E-state index contributed by atoms with van der Waals surface area (Å²) in [7, 11) is -4.51. The lowest BCUT2D eigenvalue weighted by atomic mass is 9.94. The highest BCUT2D eigenvalue weighted by Crippen LogP contribution is 2.28. The molecule has 0 radical (unpaired) electrons. The summed E-state index contributed by atoms with van der Waals surface area (Å²) in [5.41, 5.74) is 0.851. The fraction of sp³-hybridized carbons (Fsp3) is 0.571.